The average Bonchev–Trinajstić information content (AvgIpc) is 2.98. The van der Waals surface area contributed by atoms with E-state index < -0.39 is 0 Å². The first-order valence-electron chi connectivity index (χ1n) is 8.90. The number of carbonyl (C=O) groups is 1. The quantitative estimate of drug-likeness (QED) is 0.792. The predicted molar refractivity (Wildman–Crippen MR) is 96.8 cm³/mol. The molecule has 140 valence electrons. The smallest absolute Gasteiger partial charge is 0.272 e. The maximum atomic E-state index is 13.2. The molecule has 0 fully saturated rings. The van der Waals surface area contributed by atoms with Gasteiger partial charge in [0.15, 0.2) is 0 Å². The van der Waals surface area contributed by atoms with Gasteiger partial charge in [-0.15, -0.1) is 0 Å². The molecule has 0 saturated heterocycles. The first kappa shape index (κ1) is 18.5. The van der Waals surface area contributed by atoms with E-state index in [-0.39, 0.29) is 18.1 Å². The van der Waals surface area contributed by atoms with Crippen molar-refractivity contribution >= 4 is 5.91 Å². The predicted octanol–water partition coefficient (Wildman–Crippen LogP) is 2.22. The summed E-state index contributed by atoms with van der Waals surface area (Å²) in [6.07, 6.45) is 2.36. The number of nitrogens with zero attached hydrogens (tertiary/aromatic N) is 4. The van der Waals surface area contributed by atoms with Crippen molar-refractivity contribution in [3.8, 4) is 0 Å². The maximum Gasteiger partial charge on any atom is 0.272 e. The maximum absolute atomic E-state index is 13.2. The third kappa shape index (κ3) is 3.78. The third-order valence-corrected chi connectivity index (χ3v) is 4.58. The molecule has 0 unspecified atom stereocenters. The molecule has 0 radical (unpaired) electrons. The lowest BCUT2D eigenvalue weighted by molar-refractivity contribution is -0.00720. The summed E-state index contributed by atoms with van der Waals surface area (Å²) in [5, 5.41) is 4.66. The fourth-order valence-electron chi connectivity index (χ4n) is 3.36. The highest BCUT2D eigenvalue weighted by Gasteiger charge is 2.33. The summed E-state index contributed by atoms with van der Waals surface area (Å²) < 4.78 is 12.8. The van der Waals surface area contributed by atoms with Gasteiger partial charge >= 0.3 is 0 Å². The van der Waals surface area contributed by atoms with Gasteiger partial charge < -0.3 is 14.4 Å². The molecule has 7 heteroatoms. The van der Waals surface area contributed by atoms with E-state index in [0.717, 1.165) is 17.0 Å². The van der Waals surface area contributed by atoms with E-state index in [1.807, 2.05) is 32.0 Å². The molecular weight excluding hydrogens is 332 g/mol. The van der Waals surface area contributed by atoms with Crippen molar-refractivity contribution in [2.45, 2.75) is 45.6 Å². The average molecular weight is 358 g/mol. The van der Waals surface area contributed by atoms with Crippen molar-refractivity contribution in [1.29, 1.82) is 0 Å². The molecule has 3 rings (SSSR count). The minimum absolute atomic E-state index is 0.0539. The normalized spacial score (nSPS) is 19.2. The van der Waals surface area contributed by atoms with Gasteiger partial charge in [0.05, 0.1) is 43.3 Å². The standard InChI is InChI=1S/C19H26N4O3/c1-13-11-16-17(14(2)26-13)21-23(9-10-25-4)18(16)19(24)22(3)12-15-7-5-6-8-20-15/h5-8,13-14H,9-12H2,1-4H3/t13-,14+/m0/s1. The summed E-state index contributed by atoms with van der Waals surface area (Å²) in [7, 11) is 3.44. The van der Waals surface area contributed by atoms with E-state index in [1.54, 1.807) is 29.9 Å². The lowest BCUT2D eigenvalue weighted by Gasteiger charge is -2.25. The van der Waals surface area contributed by atoms with Gasteiger partial charge in [0.2, 0.25) is 0 Å². The molecule has 1 aliphatic rings. The number of carbonyl (C=O) groups excluding carboxylic acids is 1. The Bertz CT molecular complexity index is 760. The van der Waals surface area contributed by atoms with Gasteiger partial charge in [-0.3, -0.25) is 14.5 Å². The molecule has 0 bridgehead atoms. The van der Waals surface area contributed by atoms with Crippen LogP contribution in [-0.2, 0) is 29.0 Å². The first-order chi connectivity index (χ1) is 12.5. The summed E-state index contributed by atoms with van der Waals surface area (Å²) in [6.45, 7) is 5.48. The molecule has 0 spiro atoms. The summed E-state index contributed by atoms with van der Waals surface area (Å²) in [6, 6.07) is 5.70. The van der Waals surface area contributed by atoms with Crippen LogP contribution in [-0.4, -0.2) is 52.4 Å². The Balaban J connectivity index is 1.92. The number of pyridine rings is 1. The van der Waals surface area contributed by atoms with Crippen molar-refractivity contribution in [2.75, 3.05) is 20.8 Å². The topological polar surface area (TPSA) is 69.5 Å². The number of hydrogen-bond donors (Lipinski definition) is 0. The number of ether oxygens (including phenoxy) is 2. The molecule has 1 aliphatic heterocycles. The Labute approximate surface area is 153 Å². The zero-order valence-electron chi connectivity index (χ0n) is 15.8. The number of rotatable bonds is 6. The molecule has 1 amide bonds. The fraction of sp³-hybridized carbons (Fsp3) is 0.526. The van der Waals surface area contributed by atoms with Crippen molar-refractivity contribution < 1.29 is 14.3 Å². The second-order valence-corrected chi connectivity index (χ2v) is 6.70. The first-order valence-corrected chi connectivity index (χ1v) is 8.90. The molecule has 2 aromatic rings. The molecule has 3 heterocycles. The van der Waals surface area contributed by atoms with Gasteiger partial charge in [-0.2, -0.15) is 5.10 Å². The highest BCUT2D eigenvalue weighted by atomic mass is 16.5. The van der Waals surface area contributed by atoms with Crippen LogP contribution in [0.5, 0.6) is 0 Å². The number of fused-ring (bicyclic) bond motifs is 1. The Morgan fingerprint density at radius 3 is 2.92 bits per heavy atom. The van der Waals surface area contributed by atoms with Crippen LogP contribution in [0.2, 0.25) is 0 Å². The number of aromatic nitrogens is 3. The van der Waals surface area contributed by atoms with Crippen molar-refractivity contribution in [3.05, 3.63) is 47.0 Å². The summed E-state index contributed by atoms with van der Waals surface area (Å²) in [5.41, 5.74) is 3.33. The molecular formula is C19H26N4O3. The Kier molecular flexibility index (Phi) is 5.68. The molecule has 0 N–H and O–H groups in total. The van der Waals surface area contributed by atoms with Gasteiger partial charge in [-0.25, -0.2) is 0 Å². The van der Waals surface area contributed by atoms with Gasteiger partial charge in [0.25, 0.3) is 5.91 Å². The lowest BCUT2D eigenvalue weighted by atomic mass is 9.99. The van der Waals surface area contributed by atoms with E-state index >= 15 is 0 Å². The van der Waals surface area contributed by atoms with Gasteiger partial charge in [0, 0.05) is 32.3 Å². The van der Waals surface area contributed by atoms with Crippen LogP contribution in [0, 0.1) is 0 Å². The second-order valence-electron chi connectivity index (χ2n) is 6.70. The summed E-state index contributed by atoms with van der Waals surface area (Å²) in [4.78, 5) is 19.2. The van der Waals surface area contributed by atoms with Gasteiger partial charge in [-0.1, -0.05) is 6.07 Å². The van der Waals surface area contributed by atoms with Crippen LogP contribution in [0.3, 0.4) is 0 Å². The number of hydrogen-bond acceptors (Lipinski definition) is 5. The van der Waals surface area contributed by atoms with Crippen LogP contribution in [0.4, 0.5) is 0 Å². The van der Waals surface area contributed by atoms with E-state index in [4.69, 9.17) is 9.47 Å². The molecule has 2 aromatic heterocycles. The highest BCUT2D eigenvalue weighted by molar-refractivity contribution is 5.94. The van der Waals surface area contributed by atoms with Crippen molar-refractivity contribution in [2.24, 2.45) is 0 Å². The third-order valence-electron chi connectivity index (χ3n) is 4.58. The number of methoxy groups -OCH3 is 1. The molecule has 0 aliphatic carbocycles. The molecule has 0 saturated carbocycles. The second kappa shape index (κ2) is 7.97. The highest BCUT2D eigenvalue weighted by Crippen LogP contribution is 2.32. The van der Waals surface area contributed by atoms with Gasteiger partial charge in [-0.05, 0) is 26.0 Å². The minimum atomic E-state index is -0.120. The van der Waals surface area contributed by atoms with Crippen molar-refractivity contribution in [1.82, 2.24) is 19.7 Å². The van der Waals surface area contributed by atoms with Gasteiger partial charge in [0.1, 0.15) is 5.69 Å². The van der Waals surface area contributed by atoms with Crippen LogP contribution in [0.25, 0.3) is 0 Å². The van der Waals surface area contributed by atoms with Crippen LogP contribution >= 0.6 is 0 Å². The zero-order valence-corrected chi connectivity index (χ0v) is 15.8. The lowest BCUT2D eigenvalue weighted by Crippen LogP contribution is -2.31. The van der Waals surface area contributed by atoms with Crippen molar-refractivity contribution in [3.63, 3.8) is 0 Å². The fourth-order valence-corrected chi connectivity index (χ4v) is 3.36. The van der Waals surface area contributed by atoms with Crippen LogP contribution in [0.1, 0.15) is 47.4 Å². The van der Waals surface area contributed by atoms with E-state index in [9.17, 15) is 4.79 Å². The molecule has 7 nitrogen and oxygen atoms in total. The number of amides is 1. The largest absolute Gasteiger partial charge is 0.383 e. The summed E-state index contributed by atoms with van der Waals surface area (Å²) >= 11 is 0. The van der Waals surface area contributed by atoms with E-state index in [2.05, 4.69) is 10.1 Å². The van der Waals surface area contributed by atoms with E-state index in [1.165, 1.54) is 0 Å². The minimum Gasteiger partial charge on any atom is -0.383 e. The Hall–Kier alpha value is -2.25. The van der Waals surface area contributed by atoms with E-state index in [0.29, 0.717) is 31.8 Å². The molecule has 2 atom stereocenters. The Morgan fingerprint density at radius 2 is 2.23 bits per heavy atom. The zero-order chi connectivity index (χ0) is 18.7. The monoisotopic (exact) mass is 358 g/mol. The summed E-state index contributed by atoms with van der Waals surface area (Å²) in [5.74, 6) is -0.0539. The molecule has 0 aromatic carbocycles. The SMILES string of the molecule is COCCn1nc2c(c1C(=O)N(C)Cc1ccccn1)C[C@H](C)O[C@@H]2C. The Morgan fingerprint density at radius 1 is 1.42 bits per heavy atom. The van der Waals surface area contributed by atoms with Crippen LogP contribution in [0.15, 0.2) is 24.4 Å². The molecule has 26 heavy (non-hydrogen) atoms. The van der Waals surface area contributed by atoms with Crippen LogP contribution < -0.4 is 0 Å².